The van der Waals surface area contributed by atoms with Crippen molar-refractivity contribution in [3.8, 4) is 0 Å². The number of thioether (sulfide) groups is 1. The van der Waals surface area contributed by atoms with Gasteiger partial charge in [0.25, 0.3) is 5.91 Å². The summed E-state index contributed by atoms with van der Waals surface area (Å²) < 4.78 is 0. The Bertz CT molecular complexity index is 523. The maximum atomic E-state index is 12.1. The summed E-state index contributed by atoms with van der Waals surface area (Å²) in [7, 11) is 1.83. The van der Waals surface area contributed by atoms with E-state index in [1.54, 1.807) is 23.0 Å². The van der Waals surface area contributed by atoms with Gasteiger partial charge in [-0.1, -0.05) is 0 Å². The van der Waals surface area contributed by atoms with Crippen LogP contribution in [-0.2, 0) is 0 Å². The van der Waals surface area contributed by atoms with Crippen LogP contribution in [0.15, 0.2) is 24.5 Å². The topological polar surface area (TPSA) is 49.0 Å². The van der Waals surface area contributed by atoms with Gasteiger partial charge in [0.2, 0.25) is 0 Å². The first-order valence-electron chi connectivity index (χ1n) is 5.40. The molecule has 90 valence electrons. The number of amides is 1. The fourth-order valence-corrected chi connectivity index (χ4v) is 2.08. The van der Waals surface area contributed by atoms with E-state index in [9.17, 15) is 4.79 Å². The Balaban J connectivity index is 2.17. The van der Waals surface area contributed by atoms with Gasteiger partial charge in [-0.15, -0.1) is 0 Å². The van der Waals surface area contributed by atoms with Crippen LogP contribution in [0.1, 0.15) is 10.4 Å². The van der Waals surface area contributed by atoms with Crippen molar-refractivity contribution in [3.05, 3.63) is 30.1 Å². The largest absolute Gasteiger partial charge is 0.345 e. The first-order valence-corrected chi connectivity index (χ1v) is 6.79. The molecule has 0 radical (unpaired) electrons. The number of rotatable bonds is 4. The number of imidazole rings is 1. The van der Waals surface area contributed by atoms with Gasteiger partial charge in [-0.05, 0) is 24.5 Å². The number of nitrogens with one attached hydrogen (secondary N) is 1. The third-order valence-corrected chi connectivity index (χ3v) is 3.24. The Morgan fingerprint density at radius 2 is 2.35 bits per heavy atom. The van der Waals surface area contributed by atoms with Gasteiger partial charge in [0.15, 0.2) is 0 Å². The molecule has 2 aromatic rings. The minimum Gasteiger partial charge on any atom is -0.345 e. The van der Waals surface area contributed by atoms with Crippen molar-refractivity contribution in [2.45, 2.75) is 0 Å². The van der Waals surface area contributed by atoms with Gasteiger partial charge in [0.1, 0.15) is 0 Å². The second kappa shape index (κ2) is 5.23. The minimum absolute atomic E-state index is 0.0514. The van der Waals surface area contributed by atoms with Crippen LogP contribution in [0.3, 0.4) is 0 Å². The molecule has 0 saturated heterocycles. The highest BCUT2D eigenvalue weighted by Gasteiger charge is 2.11. The molecule has 2 rings (SSSR count). The maximum absolute atomic E-state index is 12.1. The Morgan fingerprint density at radius 1 is 1.53 bits per heavy atom. The molecule has 1 heterocycles. The van der Waals surface area contributed by atoms with Crippen LogP contribution in [0.4, 0.5) is 0 Å². The molecule has 0 spiro atoms. The molecule has 0 saturated carbocycles. The van der Waals surface area contributed by atoms with Gasteiger partial charge in [-0.3, -0.25) is 4.79 Å². The smallest absolute Gasteiger partial charge is 0.253 e. The number of hydrogen-bond acceptors (Lipinski definition) is 3. The third kappa shape index (κ3) is 2.61. The number of fused-ring (bicyclic) bond motifs is 1. The highest BCUT2D eigenvalue weighted by molar-refractivity contribution is 7.98. The maximum Gasteiger partial charge on any atom is 0.253 e. The number of aromatic nitrogens is 2. The van der Waals surface area contributed by atoms with Crippen molar-refractivity contribution in [3.63, 3.8) is 0 Å². The fourth-order valence-electron chi connectivity index (χ4n) is 1.62. The fraction of sp³-hybridized carbons (Fsp3) is 0.333. The lowest BCUT2D eigenvalue weighted by molar-refractivity contribution is 0.0804. The van der Waals surface area contributed by atoms with E-state index in [1.807, 2.05) is 31.5 Å². The van der Waals surface area contributed by atoms with Crippen molar-refractivity contribution in [1.29, 1.82) is 0 Å². The predicted molar refractivity (Wildman–Crippen MR) is 71.4 cm³/mol. The average Bonchev–Trinajstić information content (AvgIpc) is 2.81. The number of benzene rings is 1. The summed E-state index contributed by atoms with van der Waals surface area (Å²) >= 11 is 1.74. The van der Waals surface area contributed by atoms with E-state index in [-0.39, 0.29) is 5.91 Å². The molecule has 5 heteroatoms. The Kier molecular flexibility index (Phi) is 3.68. The molecule has 0 aliphatic carbocycles. The molecule has 0 unspecified atom stereocenters. The first-order chi connectivity index (χ1) is 8.22. The highest BCUT2D eigenvalue weighted by atomic mass is 32.2. The third-order valence-electron chi connectivity index (χ3n) is 2.64. The summed E-state index contributed by atoms with van der Waals surface area (Å²) in [4.78, 5) is 21.0. The molecule has 1 amide bonds. The molecule has 0 fully saturated rings. The van der Waals surface area contributed by atoms with Crippen molar-refractivity contribution in [2.24, 2.45) is 0 Å². The van der Waals surface area contributed by atoms with Crippen molar-refractivity contribution in [1.82, 2.24) is 14.9 Å². The zero-order chi connectivity index (χ0) is 12.3. The SMILES string of the molecule is CSCCN(C)C(=O)c1ccc2nc[nH]c2c1. The normalized spacial score (nSPS) is 10.7. The van der Waals surface area contributed by atoms with Crippen molar-refractivity contribution in [2.75, 3.05) is 25.6 Å². The van der Waals surface area contributed by atoms with E-state index in [0.29, 0.717) is 5.56 Å². The number of carbonyl (C=O) groups excluding carboxylic acids is 1. The second-order valence-electron chi connectivity index (χ2n) is 3.85. The van der Waals surface area contributed by atoms with E-state index >= 15 is 0 Å². The quantitative estimate of drug-likeness (QED) is 0.901. The van der Waals surface area contributed by atoms with E-state index in [0.717, 1.165) is 23.3 Å². The number of nitrogens with zero attached hydrogens (tertiary/aromatic N) is 2. The minimum atomic E-state index is 0.0514. The van der Waals surface area contributed by atoms with Crippen molar-refractivity contribution >= 4 is 28.7 Å². The number of aromatic amines is 1. The Labute approximate surface area is 104 Å². The molecular weight excluding hydrogens is 234 g/mol. The van der Waals surface area contributed by atoms with Gasteiger partial charge in [-0.25, -0.2) is 4.98 Å². The van der Waals surface area contributed by atoms with Gasteiger partial charge in [0, 0.05) is 24.9 Å². The zero-order valence-electron chi connectivity index (χ0n) is 9.93. The molecule has 4 nitrogen and oxygen atoms in total. The van der Waals surface area contributed by atoms with E-state index in [2.05, 4.69) is 9.97 Å². The van der Waals surface area contributed by atoms with Gasteiger partial charge in [-0.2, -0.15) is 11.8 Å². The van der Waals surface area contributed by atoms with Crippen LogP contribution in [0.2, 0.25) is 0 Å². The van der Waals surface area contributed by atoms with Crippen LogP contribution in [0, 0.1) is 0 Å². The number of H-pyrrole nitrogens is 1. The summed E-state index contributed by atoms with van der Waals surface area (Å²) in [5, 5.41) is 0. The second-order valence-corrected chi connectivity index (χ2v) is 4.84. The van der Waals surface area contributed by atoms with Crippen molar-refractivity contribution < 1.29 is 4.79 Å². The highest BCUT2D eigenvalue weighted by Crippen LogP contribution is 2.13. The Morgan fingerprint density at radius 3 is 3.12 bits per heavy atom. The average molecular weight is 249 g/mol. The lowest BCUT2D eigenvalue weighted by Gasteiger charge is -2.16. The molecular formula is C12H15N3OS. The van der Waals surface area contributed by atoms with E-state index < -0.39 is 0 Å². The summed E-state index contributed by atoms with van der Waals surface area (Å²) in [5.41, 5.74) is 2.48. The first kappa shape index (κ1) is 12.0. The number of carbonyl (C=O) groups is 1. The van der Waals surface area contributed by atoms with Gasteiger partial charge in [0.05, 0.1) is 17.4 Å². The molecule has 0 atom stereocenters. The molecule has 1 N–H and O–H groups in total. The van der Waals surface area contributed by atoms with Crippen LogP contribution in [0.5, 0.6) is 0 Å². The lowest BCUT2D eigenvalue weighted by atomic mass is 10.2. The standard InChI is InChI=1S/C12H15N3OS/c1-15(5-6-17-2)12(16)9-3-4-10-11(7-9)14-8-13-10/h3-4,7-8H,5-6H2,1-2H3,(H,13,14). The lowest BCUT2D eigenvalue weighted by Crippen LogP contribution is -2.28. The zero-order valence-corrected chi connectivity index (χ0v) is 10.8. The summed E-state index contributed by atoms with van der Waals surface area (Å²) in [6, 6.07) is 5.53. The molecule has 0 bridgehead atoms. The summed E-state index contributed by atoms with van der Waals surface area (Å²) in [5.74, 6) is 1.00. The molecule has 1 aromatic heterocycles. The summed E-state index contributed by atoms with van der Waals surface area (Å²) in [6.07, 6.45) is 3.67. The van der Waals surface area contributed by atoms with Crippen LogP contribution < -0.4 is 0 Å². The van der Waals surface area contributed by atoms with E-state index in [4.69, 9.17) is 0 Å². The molecule has 0 aliphatic rings. The summed E-state index contributed by atoms with van der Waals surface area (Å²) in [6.45, 7) is 0.765. The van der Waals surface area contributed by atoms with Gasteiger partial charge >= 0.3 is 0 Å². The molecule has 0 aliphatic heterocycles. The predicted octanol–water partition coefficient (Wildman–Crippen LogP) is 2.00. The van der Waals surface area contributed by atoms with E-state index in [1.165, 1.54) is 0 Å². The number of hydrogen-bond donors (Lipinski definition) is 1. The van der Waals surface area contributed by atoms with Gasteiger partial charge < -0.3 is 9.88 Å². The monoisotopic (exact) mass is 249 g/mol. The molecule has 17 heavy (non-hydrogen) atoms. The molecule has 1 aromatic carbocycles. The van der Waals surface area contributed by atoms with Crippen LogP contribution >= 0.6 is 11.8 Å². The Hall–Kier alpha value is -1.49. The van der Waals surface area contributed by atoms with Crippen LogP contribution in [-0.4, -0.2) is 46.4 Å². The van der Waals surface area contributed by atoms with Crippen LogP contribution in [0.25, 0.3) is 11.0 Å².